The van der Waals surface area contributed by atoms with E-state index in [9.17, 15) is 0 Å². The maximum Gasteiger partial charge on any atom is -0.0149 e. The summed E-state index contributed by atoms with van der Waals surface area (Å²) in [5.41, 5.74) is 1.18. The summed E-state index contributed by atoms with van der Waals surface area (Å²) in [6.45, 7) is 52.7. The summed E-state index contributed by atoms with van der Waals surface area (Å²) in [5, 5.41) is 0. The zero-order valence-corrected chi connectivity index (χ0v) is 29.8. The summed E-state index contributed by atoms with van der Waals surface area (Å²) < 4.78 is 0. The smallest absolute Gasteiger partial charge is 0.0149 e. The molecule has 1 fully saturated rings. The minimum Gasteiger partial charge on any atom is -0.0651 e. The van der Waals surface area contributed by atoms with Crippen LogP contribution in [0.25, 0.3) is 0 Å². The van der Waals surface area contributed by atoms with E-state index in [0.29, 0.717) is 23.7 Å². The van der Waals surface area contributed by atoms with E-state index < -0.39 is 0 Å². The first kappa shape index (κ1) is 35.0. The maximum atomic E-state index is 2.81. The van der Waals surface area contributed by atoms with Gasteiger partial charge in [0.25, 0.3) is 0 Å². The lowest BCUT2D eigenvalue weighted by atomic mass is 9.26. The molecule has 0 aromatic carbocycles. The van der Waals surface area contributed by atoms with Crippen molar-refractivity contribution in [2.24, 2.45) is 67.0 Å². The van der Waals surface area contributed by atoms with E-state index in [2.05, 4.69) is 138 Å². The van der Waals surface area contributed by atoms with Gasteiger partial charge in [0.05, 0.1) is 0 Å². The van der Waals surface area contributed by atoms with Crippen LogP contribution in [-0.2, 0) is 0 Å². The summed E-state index contributed by atoms with van der Waals surface area (Å²) in [6.07, 6.45) is 6.26. The van der Waals surface area contributed by atoms with Gasteiger partial charge in [0.1, 0.15) is 0 Å². The van der Waals surface area contributed by atoms with Gasteiger partial charge >= 0.3 is 0 Å². The normalized spacial score (nSPS) is 37.1. The molecule has 7 unspecified atom stereocenters. The fourth-order valence-electron chi connectivity index (χ4n) is 10.8. The summed E-state index contributed by atoms with van der Waals surface area (Å²) in [5.74, 6) is 2.68. The fourth-order valence-corrected chi connectivity index (χ4v) is 10.8. The van der Waals surface area contributed by atoms with Crippen molar-refractivity contribution in [3.05, 3.63) is 0 Å². The molecule has 0 spiro atoms. The van der Waals surface area contributed by atoms with E-state index in [1.54, 1.807) is 0 Å². The van der Waals surface area contributed by atoms with E-state index in [1.165, 1.54) is 32.1 Å². The highest BCUT2D eigenvalue weighted by molar-refractivity contribution is 5.23. The monoisotopic (exact) mass is 519 g/mol. The van der Waals surface area contributed by atoms with E-state index in [1.807, 2.05) is 0 Å². The lowest BCUT2D eigenvalue weighted by molar-refractivity contribution is -0.305. The predicted molar refractivity (Wildman–Crippen MR) is 170 cm³/mol. The van der Waals surface area contributed by atoms with Gasteiger partial charge in [0.2, 0.25) is 0 Å². The summed E-state index contributed by atoms with van der Waals surface area (Å²) in [4.78, 5) is 0. The number of hydrogen-bond donors (Lipinski definition) is 0. The van der Waals surface area contributed by atoms with Gasteiger partial charge in [-0.15, -0.1) is 0 Å². The van der Waals surface area contributed by atoms with Crippen molar-refractivity contribution in [2.75, 3.05) is 0 Å². The number of rotatable bonds is 8. The molecule has 0 N–H and O–H groups in total. The second kappa shape index (κ2) is 10.4. The van der Waals surface area contributed by atoms with E-state index in [-0.39, 0.29) is 43.3 Å². The zero-order chi connectivity index (χ0) is 29.8. The van der Waals surface area contributed by atoms with Gasteiger partial charge in [-0.25, -0.2) is 0 Å². The molecule has 1 aliphatic carbocycles. The Bertz CT molecular complexity index is 761. The van der Waals surface area contributed by atoms with E-state index >= 15 is 0 Å². The third-order valence-corrected chi connectivity index (χ3v) is 17.0. The molecule has 0 bridgehead atoms. The second-order valence-electron chi connectivity index (χ2n) is 17.2. The molecule has 0 amide bonds. The van der Waals surface area contributed by atoms with Crippen LogP contribution in [0.5, 0.6) is 0 Å². The molecule has 0 aromatic rings. The largest absolute Gasteiger partial charge is 0.0651 e. The van der Waals surface area contributed by atoms with Gasteiger partial charge in [-0.05, 0) is 79.8 Å². The van der Waals surface area contributed by atoms with Crippen molar-refractivity contribution in [1.29, 1.82) is 0 Å². The molecule has 1 aliphatic rings. The lowest BCUT2D eigenvalue weighted by Gasteiger charge is -2.78. The Morgan fingerprint density at radius 2 is 1.11 bits per heavy atom. The molecule has 7 atom stereocenters. The SMILES string of the molecule is CCC(C)C(C)(CC)C1(C)C(C)(C)C(C)CC(C)C(C)C(C)(C)C(C)(C)C1(C)C(C)(C)C(C)(CC)CC. The van der Waals surface area contributed by atoms with Crippen LogP contribution < -0.4 is 0 Å². The molecular weight excluding hydrogens is 444 g/mol. The Morgan fingerprint density at radius 3 is 1.46 bits per heavy atom. The van der Waals surface area contributed by atoms with Crippen LogP contribution in [0.4, 0.5) is 0 Å². The Hall–Kier alpha value is 0. The fraction of sp³-hybridized carbons (Fsp3) is 1.00. The van der Waals surface area contributed by atoms with Gasteiger partial charge in [-0.1, -0.05) is 158 Å². The molecule has 0 aliphatic heterocycles. The van der Waals surface area contributed by atoms with Gasteiger partial charge in [0.15, 0.2) is 0 Å². The summed E-state index contributed by atoms with van der Waals surface area (Å²) in [7, 11) is 0. The second-order valence-corrected chi connectivity index (χ2v) is 17.2. The van der Waals surface area contributed by atoms with Crippen molar-refractivity contribution in [3.63, 3.8) is 0 Å². The molecule has 0 heteroatoms. The maximum absolute atomic E-state index is 2.81. The minimum absolute atomic E-state index is 0.0571. The highest BCUT2D eigenvalue weighted by Crippen LogP contribution is 2.81. The average molecular weight is 519 g/mol. The predicted octanol–water partition coefficient (Wildman–Crippen LogP) is 12.7. The lowest BCUT2D eigenvalue weighted by Crippen LogP contribution is -2.73. The molecule has 1 rings (SSSR count). The standard InChI is InChI=1S/C37H74/c1-21-27(6)35(18,24-4)36(19)30(9,10)28(7)25-26(5)29(8)31(11,12)32(13,14)37(36,20)33(15,16)34(17,22-2)23-3/h26-29H,21-25H2,1-20H3. The van der Waals surface area contributed by atoms with Crippen molar-refractivity contribution in [2.45, 2.75) is 171 Å². The van der Waals surface area contributed by atoms with Gasteiger partial charge in [-0.3, -0.25) is 0 Å². The molecule has 0 aromatic heterocycles. The molecule has 1 saturated carbocycles. The Labute approximate surface area is 237 Å². The third-order valence-electron chi connectivity index (χ3n) is 17.0. The zero-order valence-electron chi connectivity index (χ0n) is 29.8. The quantitative estimate of drug-likeness (QED) is 0.299. The van der Waals surface area contributed by atoms with Crippen LogP contribution in [0.1, 0.15) is 171 Å². The molecule has 0 radical (unpaired) electrons. The van der Waals surface area contributed by atoms with Crippen molar-refractivity contribution in [1.82, 2.24) is 0 Å². The van der Waals surface area contributed by atoms with Crippen LogP contribution in [0.3, 0.4) is 0 Å². The highest BCUT2D eigenvalue weighted by Gasteiger charge is 2.75. The molecule has 37 heavy (non-hydrogen) atoms. The van der Waals surface area contributed by atoms with Crippen molar-refractivity contribution in [3.8, 4) is 0 Å². The van der Waals surface area contributed by atoms with Crippen LogP contribution in [-0.4, -0.2) is 0 Å². The van der Waals surface area contributed by atoms with Crippen LogP contribution in [0.15, 0.2) is 0 Å². The summed E-state index contributed by atoms with van der Waals surface area (Å²) in [6, 6.07) is 0. The Kier molecular flexibility index (Phi) is 9.88. The molecular formula is C37H74. The average Bonchev–Trinajstić information content (AvgIpc) is 2.84. The Balaban J connectivity index is 4.68. The molecule has 0 saturated heterocycles. The first-order valence-electron chi connectivity index (χ1n) is 16.4. The summed E-state index contributed by atoms with van der Waals surface area (Å²) >= 11 is 0. The van der Waals surface area contributed by atoms with Crippen LogP contribution in [0, 0.1) is 67.0 Å². The first-order chi connectivity index (χ1) is 16.4. The Morgan fingerprint density at radius 1 is 0.676 bits per heavy atom. The highest BCUT2D eigenvalue weighted by atomic mass is 14.8. The van der Waals surface area contributed by atoms with Crippen molar-refractivity contribution < 1.29 is 0 Å². The van der Waals surface area contributed by atoms with Gasteiger partial charge in [0, 0.05) is 0 Å². The van der Waals surface area contributed by atoms with Crippen molar-refractivity contribution >= 4 is 0 Å². The van der Waals surface area contributed by atoms with Gasteiger partial charge < -0.3 is 0 Å². The molecule has 0 nitrogen and oxygen atoms in total. The topological polar surface area (TPSA) is 0 Å². The third kappa shape index (κ3) is 4.16. The van der Waals surface area contributed by atoms with E-state index in [4.69, 9.17) is 0 Å². The minimum atomic E-state index is 0.0571. The number of hydrogen-bond acceptors (Lipinski definition) is 0. The van der Waals surface area contributed by atoms with Crippen LogP contribution in [0.2, 0.25) is 0 Å². The van der Waals surface area contributed by atoms with Crippen LogP contribution >= 0.6 is 0 Å². The molecule has 222 valence electrons. The van der Waals surface area contributed by atoms with Gasteiger partial charge in [-0.2, -0.15) is 0 Å². The first-order valence-corrected chi connectivity index (χ1v) is 16.4. The van der Waals surface area contributed by atoms with E-state index in [0.717, 1.165) is 0 Å². The molecule has 0 heterocycles.